The van der Waals surface area contributed by atoms with Crippen molar-refractivity contribution in [3.63, 3.8) is 0 Å². The average molecular weight is 457 g/mol. The van der Waals surface area contributed by atoms with Gasteiger partial charge in [0.1, 0.15) is 5.92 Å². The lowest BCUT2D eigenvalue weighted by atomic mass is 9.98. The minimum absolute atomic E-state index is 0.125. The van der Waals surface area contributed by atoms with Gasteiger partial charge in [0.25, 0.3) is 4.84 Å². The van der Waals surface area contributed by atoms with Crippen LogP contribution in [0.5, 0.6) is 0 Å². The predicted octanol–water partition coefficient (Wildman–Crippen LogP) is 1.81. The van der Waals surface area contributed by atoms with Crippen molar-refractivity contribution in [3.8, 4) is 0 Å². The van der Waals surface area contributed by atoms with Crippen molar-refractivity contribution in [1.29, 1.82) is 0 Å². The summed E-state index contributed by atoms with van der Waals surface area (Å²) in [6, 6.07) is 4.85. The molecule has 0 radical (unpaired) electrons. The molecule has 0 bridgehead atoms. The number of hydrogen-bond acceptors (Lipinski definition) is 6. The summed E-state index contributed by atoms with van der Waals surface area (Å²) in [7, 11) is -3.58. The first kappa shape index (κ1) is 22.9. The molecule has 1 N–H and O–H groups in total. The van der Waals surface area contributed by atoms with Crippen molar-refractivity contribution in [2.45, 2.75) is 45.2 Å². The Morgan fingerprint density at radius 2 is 2.07 bits per heavy atom. The monoisotopic (exact) mass is 456 g/mol. The van der Waals surface area contributed by atoms with E-state index in [0.29, 0.717) is 48.8 Å². The number of likely N-dealkylation sites (tertiary alicyclic amines) is 1. The number of oxazole rings is 1. The van der Waals surface area contributed by atoms with Crippen LogP contribution in [0.15, 0.2) is 27.5 Å². The fourth-order valence-electron chi connectivity index (χ4n) is 4.04. The third-order valence-electron chi connectivity index (χ3n) is 5.60. The molecule has 1 fully saturated rings. The van der Waals surface area contributed by atoms with Crippen molar-refractivity contribution in [1.82, 2.24) is 8.87 Å². The number of ether oxygens (including phenoxy) is 1. The Morgan fingerprint density at radius 1 is 1.33 bits per heavy atom. The zero-order chi connectivity index (χ0) is 21.9. The van der Waals surface area contributed by atoms with E-state index >= 15 is 0 Å². The molecule has 0 saturated carbocycles. The van der Waals surface area contributed by atoms with E-state index in [1.54, 1.807) is 18.2 Å². The van der Waals surface area contributed by atoms with Crippen LogP contribution >= 0.6 is 12.2 Å². The predicted molar refractivity (Wildman–Crippen MR) is 115 cm³/mol. The van der Waals surface area contributed by atoms with E-state index in [4.69, 9.17) is 21.4 Å². The van der Waals surface area contributed by atoms with Gasteiger partial charge < -0.3 is 14.1 Å². The highest BCUT2D eigenvalue weighted by atomic mass is 32.2. The van der Waals surface area contributed by atoms with Crippen LogP contribution in [-0.2, 0) is 26.2 Å². The molecule has 30 heavy (non-hydrogen) atoms. The molecule has 0 spiro atoms. The number of nitrogens with one attached hydrogen (secondary N) is 1. The zero-order valence-corrected chi connectivity index (χ0v) is 19.4. The SMILES string of the molecule is CCOC(=O)[C@H]1CCC[NH+](Cn2c(=S)oc3ccc(S(=O)(=O)N(CC)CC)cc32)C1. The van der Waals surface area contributed by atoms with Crippen LogP contribution in [0.3, 0.4) is 0 Å². The van der Waals surface area contributed by atoms with E-state index in [9.17, 15) is 13.2 Å². The van der Waals surface area contributed by atoms with Crippen LogP contribution in [0.1, 0.15) is 33.6 Å². The van der Waals surface area contributed by atoms with Gasteiger partial charge in [-0.05, 0) is 50.2 Å². The average Bonchev–Trinajstić information content (AvgIpc) is 3.03. The first-order valence-corrected chi connectivity index (χ1v) is 12.3. The zero-order valence-electron chi connectivity index (χ0n) is 17.7. The van der Waals surface area contributed by atoms with Gasteiger partial charge in [-0.1, -0.05) is 13.8 Å². The van der Waals surface area contributed by atoms with E-state index in [1.165, 1.54) is 9.21 Å². The molecular formula is C20H30N3O5S2+. The number of quaternary nitrogens is 1. The number of hydrogen-bond donors (Lipinski definition) is 1. The number of nitrogens with zero attached hydrogens (tertiary/aromatic N) is 2. The number of sulfonamides is 1. The molecule has 2 atom stereocenters. The number of benzene rings is 1. The lowest BCUT2D eigenvalue weighted by Crippen LogP contribution is -3.13. The second-order valence-corrected chi connectivity index (χ2v) is 9.76. The molecule has 8 nitrogen and oxygen atoms in total. The van der Waals surface area contributed by atoms with Crippen LogP contribution in [-0.4, -0.2) is 56.0 Å². The molecule has 1 aromatic heterocycles. The van der Waals surface area contributed by atoms with Crippen molar-refractivity contribution < 1.29 is 27.3 Å². The summed E-state index contributed by atoms with van der Waals surface area (Å²) in [5.74, 6) is -0.275. The molecule has 3 rings (SSSR count). The molecule has 10 heteroatoms. The molecule has 0 aliphatic carbocycles. The maximum absolute atomic E-state index is 12.9. The van der Waals surface area contributed by atoms with Gasteiger partial charge in [0.2, 0.25) is 10.0 Å². The standard InChI is InChI=1S/C20H29N3O5S2/c1-4-22(5-2)30(25,26)16-9-10-18-17(12-16)23(20(29)28-18)14-21-11-7-8-15(13-21)19(24)27-6-3/h9-10,12,15H,4-8,11,13-14H2,1-3H3/p+1/t15-/m0/s1. The molecule has 0 amide bonds. The van der Waals surface area contributed by atoms with E-state index < -0.39 is 10.0 Å². The van der Waals surface area contributed by atoms with E-state index in [0.717, 1.165) is 19.4 Å². The third kappa shape index (κ3) is 4.61. The minimum atomic E-state index is -3.58. The van der Waals surface area contributed by atoms with Crippen molar-refractivity contribution in [2.75, 3.05) is 32.8 Å². The van der Waals surface area contributed by atoms with Gasteiger partial charge in [0.05, 0.1) is 30.1 Å². The molecule has 1 aromatic carbocycles. The summed E-state index contributed by atoms with van der Waals surface area (Å²) < 4.78 is 40.0. The fourth-order valence-corrected chi connectivity index (χ4v) is 5.78. The van der Waals surface area contributed by atoms with Crippen LogP contribution in [0.4, 0.5) is 0 Å². The Morgan fingerprint density at radius 3 is 2.73 bits per heavy atom. The maximum Gasteiger partial charge on any atom is 0.314 e. The van der Waals surface area contributed by atoms with Gasteiger partial charge in [-0.3, -0.25) is 9.36 Å². The lowest BCUT2D eigenvalue weighted by Gasteiger charge is -2.28. The quantitative estimate of drug-likeness (QED) is 0.482. The van der Waals surface area contributed by atoms with Gasteiger partial charge in [-0.2, -0.15) is 4.31 Å². The van der Waals surface area contributed by atoms with Gasteiger partial charge in [-0.15, -0.1) is 0 Å². The summed E-state index contributed by atoms with van der Waals surface area (Å²) in [6.07, 6.45) is 1.75. The number of rotatable bonds is 8. The van der Waals surface area contributed by atoms with Crippen molar-refractivity contribution >= 4 is 39.3 Å². The highest BCUT2D eigenvalue weighted by molar-refractivity contribution is 7.89. The van der Waals surface area contributed by atoms with Gasteiger partial charge in [-0.25, -0.2) is 8.42 Å². The summed E-state index contributed by atoms with van der Waals surface area (Å²) in [6.45, 7) is 8.71. The first-order chi connectivity index (χ1) is 14.3. The van der Waals surface area contributed by atoms with Crippen LogP contribution in [0.2, 0.25) is 0 Å². The third-order valence-corrected chi connectivity index (χ3v) is 7.95. The van der Waals surface area contributed by atoms with Gasteiger partial charge in [0, 0.05) is 13.1 Å². The minimum Gasteiger partial charge on any atom is -0.466 e. The smallest absolute Gasteiger partial charge is 0.314 e. The molecule has 2 aromatic rings. The molecule has 2 heterocycles. The number of fused-ring (bicyclic) bond motifs is 1. The second kappa shape index (κ2) is 9.59. The Hall–Kier alpha value is -1.75. The van der Waals surface area contributed by atoms with Gasteiger partial charge in [0.15, 0.2) is 12.3 Å². The number of esters is 1. The highest BCUT2D eigenvalue weighted by Gasteiger charge is 2.30. The highest BCUT2D eigenvalue weighted by Crippen LogP contribution is 2.23. The van der Waals surface area contributed by atoms with Crippen LogP contribution in [0, 0.1) is 10.8 Å². The lowest BCUT2D eigenvalue weighted by molar-refractivity contribution is -0.929. The number of aromatic nitrogens is 1. The van der Waals surface area contributed by atoms with Gasteiger partial charge >= 0.3 is 5.97 Å². The van der Waals surface area contributed by atoms with Crippen molar-refractivity contribution in [3.05, 3.63) is 23.0 Å². The Kier molecular flexibility index (Phi) is 7.33. The molecule has 1 aliphatic rings. The normalized spacial score (nSPS) is 20.0. The topological polar surface area (TPSA) is 86.2 Å². The number of carbonyl (C=O) groups is 1. The van der Waals surface area contributed by atoms with Crippen LogP contribution in [0.25, 0.3) is 11.1 Å². The number of piperidine rings is 1. The fraction of sp³-hybridized carbons (Fsp3) is 0.600. The first-order valence-electron chi connectivity index (χ1n) is 10.5. The van der Waals surface area contributed by atoms with E-state index in [1.807, 2.05) is 25.3 Å². The summed E-state index contributed by atoms with van der Waals surface area (Å²) in [4.78, 5) is 13.9. The summed E-state index contributed by atoms with van der Waals surface area (Å²) in [5.41, 5.74) is 1.20. The Balaban J connectivity index is 1.90. The molecule has 1 saturated heterocycles. The number of carbonyl (C=O) groups excluding carboxylic acids is 1. The summed E-state index contributed by atoms with van der Waals surface area (Å²) >= 11 is 5.41. The van der Waals surface area contributed by atoms with Crippen molar-refractivity contribution in [2.24, 2.45) is 5.92 Å². The van der Waals surface area contributed by atoms with E-state index in [2.05, 4.69) is 0 Å². The molecule has 1 unspecified atom stereocenters. The second-order valence-electron chi connectivity index (χ2n) is 7.47. The Labute approximate surface area is 182 Å². The molecule has 1 aliphatic heterocycles. The summed E-state index contributed by atoms with van der Waals surface area (Å²) in [5, 5.41) is 0. The molecule has 166 valence electrons. The maximum atomic E-state index is 12.9. The van der Waals surface area contributed by atoms with Crippen LogP contribution < -0.4 is 4.90 Å². The van der Waals surface area contributed by atoms with E-state index in [-0.39, 0.29) is 16.8 Å². The Bertz CT molecular complexity index is 1060. The molecular weight excluding hydrogens is 426 g/mol. The largest absolute Gasteiger partial charge is 0.466 e.